The van der Waals surface area contributed by atoms with Crippen LogP contribution >= 0.6 is 0 Å². The number of ether oxygens (including phenoxy) is 2. The van der Waals surface area contributed by atoms with Gasteiger partial charge < -0.3 is 34.7 Å². The normalized spacial score (nSPS) is 19.0. The third kappa shape index (κ3) is 16.0. The van der Waals surface area contributed by atoms with E-state index in [4.69, 9.17) is 21.1 Å². The third-order valence-corrected chi connectivity index (χ3v) is 5.27. The van der Waals surface area contributed by atoms with Crippen molar-refractivity contribution in [2.45, 2.75) is 98.1 Å². The Hall–Kier alpha value is -0.950. The van der Waals surface area contributed by atoms with E-state index in [9.17, 15) is 33.8 Å². The number of ketones is 2. The molecule has 1 aliphatic rings. The maximum Gasteiger partial charge on any atom is 1.00 e. The smallest absolute Gasteiger partial charge is 0.550 e. The zero-order chi connectivity index (χ0) is 28.7. The van der Waals surface area contributed by atoms with Gasteiger partial charge in [-0.25, -0.2) is 0 Å². The predicted molar refractivity (Wildman–Crippen MR) is 123 cm³/mol. The molecule has 0 aliphatic carbocycles. The third-order valence-electron chi connectivity index (χ3n) is 5.27. The van der Waals surface area contributed by atoms with Gasteiger partial charge in [-0.15, -0.1) is 0 Å². The predicted octanol–water partition coefficient (Wildman–Crippen LogP) is -1.57. The van der Waals surface area contributed by atoms with Gasteiger partial charge in [-0.05, 0) is 33.1 Å². The molecule has 0 bridgehead atoms. The Morgan fingerprint density at radius 1 is 1.11 bits per heavy atom. The van der Waals surface area contributed by atoms with Crippen LogP contribution in [0.25, 0.3) is 0 Å². The fourth-order valence-corrected chi connectivity index (χ4v) is 3.03. The van der Waals surface area contributed by atoms with Crippen molar-refractivity contribution in [3.63, 3.8) is 0 Å². The number of aliphatic carboxylic acids is 2. The van der Waals surface area contributed by atoms with Crippen LogP contribution in [-0.2, 0) is 28.7 Å². The van der Waals surface area contributed by atoms with E-state index in [1.807, 2.05) is 13.8 Å². The van der Waals surface area contributed by atoms with Gasteiger partial charge in [0.2, 0.25) is 0 Å². The second-order valence-electron chi connectivity index (χ2n) is 10.1. The van der Waals surface area contributed by atoms with E-state index >= 15 is 0 Å². The van der Waals surface area contributed by atoms with Gasteiger partial charge in [0.1, 0.15) is 12.2 Å². The van der Waals surface area contributed by atoms with Crippen LogP contribution in [-0.4, -0.2) is 77.2 Å². The summed E-state index contributed by atoms with van der Waals surface area (Å²) in [5, 5.41) is 37.1. The molecule has 2 atom stereocenters. The van der Waals surface area contributed by atoms with Gasteiger partial charge in [0.05, 0.1) is 21.7 Å². The summed E-state index contributed by atoms with van der Waals surface area (Å²) in [4.78, 5) is 44.0. The van der Waals surface area contributed by atoms with Crippen LogP contribution in [0.4, 0.5) is 4.39 Å². The average Bonchev–Trinajstić information content (AvgIpc) is 2.75. The van der Waals surface area contributed by atoms with Gasteiger partial charge in [0, 0.05) is 36.1 Å². The molecule has 36 heavy (non-hydrogen) atoms. The zero-order valence-corrected chi connectivity index (χ0v) is 24.6. The number of aliphatic hydroxyl groups excluding tert-OH is 2. The minimum Gasteiger partial charge on any atom is -0.550 e. The molecule has 1 aliphatic heterocycles. The molecule has 12 heteroatoms. The van der Waals surface area contributed by atoms with Crippen LogP contribution in [0.3, 0.4) is 0 Å². The molecule has 1 saturated heterocycles. The molecule has 1 heterocycles. The van der Waals surface area contributed by atoms with Crippen molar-refractivity contribution in [3.8, 4) is 0 Å². The molecule has 0 spiro atoms. The largest absolute Gasteiger partial charge is 1.00 e. The second kappa shape index (κ2) is 18.3. The first-order chi connectivity index (χ1) is 16.4. The average molecular weight is 534 g/mol. The number of carbonyl (C=O) groups is 4. The molecule has 3 N–H and O–H groups in total. The molecule has 0 aromatic rings. The summed E-state index contributed by atoms with van der Waals surface area (Å²) in [5.74, 6) is -3.34. The van der Waals surface area contributed by atoms with E-state index in [0.29, 0.717) is 13.0 Å². The standard InChI is InChI=1S/C13H22O5.C10H18O5.CH3F.Na/c1-12(2)8-17-13(3,4)18-11(12)9(14)6-5-7-10(15)16;1-10(2,6-11)9(15)7(12)4-3-5-8(13)14;1-2;/h11H,5-8H2,1-4H3,(H,15,16);9,11,15H,3-6H2,1-2H3,(H,13,14);1H3;/q;;;+1/p-1/t11-;9-;;/m00../s1/i;;1D;. The molecule has 0 unspecified atom stereocenters. The van der Waals surface area contributed by atoms with E-state index in [2.05, 4.69) is 0 Å². The van der Waals surface area contributed by atoms with Gasteiger partial charge >= 0.3 is 35.5 Å². The summed E-state index contributed by atoms with van der Waals surface area (Å²) in [5.41, 5.74) is -1.27. The topological polar surface area (TPSA) is 170 Å². The molecule has 10 nitrogen and oxygen atoms in total. The maximum absolute atomic E-state index is 12.1. The molecular formula is C24H42FNaO10. The van der Waals surface area contributed by atoms with Crippen molar-refractivity contribution in [2.24, 2.45) is 10.8 Å². The number of hydrogen-bond acceptors (Lipinski definition) is 9. The quantitative estimate of drug-likeness (QED) is 0.249. The minimum atomic E-state index is -1.26. The van der Waals surface area contributed by atoms with E-state index in [1.54, 1.807) is 27.7 Å². The molecule has 1 rings (SSSR count). The Labute approximate surface area is 236 Å². The monoisotopic (exact) mass is 533 g/mol. The van der Waals surface area contributed by atoms with Crippen LogP contribution in [0, 0.1) is 10.8 Å². The van der Waals surface area contributed by atoms with Crippen LogP contribution < -0.4 is 34.7 Å². The number of Topliss-reactive ketones (excluding diaryl/α,β-unsaturated/α-hetero) is 2. The van der Waals surface area contributed by atoms with Gasteiger partial charge in [-0.3, -0.25) is 18.8 Å². The Kier molecular flexibility index (Phi) is 18.9. The number of carbonyl (C=O) groups excluding carboxylic acids is 3. The molecule has 1 fully saturated rings. The molecule has 0 radical (unpaired) electrons. The SMILES string of the molecule is CC(C)(CO)[C@@H](O)C(=O)CCCC(=O)[O-].CC1(C)OCC(C)(C)[C@H](C(=O)CCCC(=O)O)O1.[2H]CF.[Na+]. The summed E-state index contributed by atoms with van der Waals surface area (Å²) in [6, 6.07) is 0. The number of carboxylic acids is 2. The van der Waals surface area contributed by atoms with Crippen molar-refractivity contribution in [1.82, 2.24) is 0 Å². The van der Waals surface area contributed by atoms with Gasteiger partial charge in [-0.1, -0.05) is 27.7 Å². The summed E-state index contributed by atoms with van der Waals surface area (Å²) in [6.07, 6.45) is -1.25. The number of hydrogen-bond donors (Lipinski definition) is 3. The number of halogens is 1. The van der Waals surface area contributed by atoms with E-state index in [-0.39, 0.29) is 79.5 Å². The first-order valence-electron chi connectivity index (χ1n) is 12.0. The summed E-state index contributed by atoms with van der Waals surface area (Å²) < 4.78 is 26.7. The first-order valence-corrected chi connectivity index (χ1v) is 11.3. The molecule has 206 valence electrons. The molecule has 0 aromatic carbocycles. The van der Waals surface area contributed by atoms with Gasteiger partial charge in [0.15, 0.2) is 17.4 Å². The van der Waals surface area contributed by atoms with E-state index in [1.165, 1.54) is 0 Å². The van der Waals surface area contributed by atoms with Gasteiger partial charge in [-0.2, -0.15) is 0 Å². The number of aliphatic hydroxyl groups is 2. The summed E-state index contributed by atoms with van der Waals surface area (Å²) in [6.45, 7) is 10.7. The summed E-state index contributed by atoms with van der Waals surface area (Å²) in [7, 11) is -1.00. The first kappa shape index (κ1) is 37.2. The van der Waals surface area contributed by atoms with E-state index in [0.717, 1.165) is 0 Å². The zero-order valence-electron chi connectivity index (χ0n) is 23.6. The number of alkyl halides is 1. The van der Waals surface area contributed by atoms with Crippen LogP contribution in [0.5, 0.6) is 0 Å². The number of rotatable bonds is 12. The Balaban J connectivity index is -0.000000558. The molecular weight excluding hydrogens is 490 g/mol. The van der Waals surface area contributed by atoms with Crippen LogP contribution in [0.1, 0.15) is 81.4 Å². The van der Waals surface area contributed by atoms with Gasteiger partial charge in [0.25, 0.3) is 0 Å². The molecule has 0 amide bonds. The van der Waals surface area contributed by atoms with Crippen molar-refractivity contribution >= 4 is 23.5 Å². The van der Waals surface area contributed by atoms with Crippen molar-refractivity contribution in [3.05, 3.63) is 0 Å². The van der Waals surface area contributed by atoms with Crippen molar-refractivity contribution in [2.75, 3.05) is 20.4 Å². The van der Waals surface area contributed by atoms with Crippen molar-refractivity contribution < 1.29 is 84.4 Å². The maximum atomic E-state index is 12.1. The molecule has 0 saturated carbocycles. The van der Waals surface area contributed by atoms with Crippen LogP contribution in [0.2, 0.25) is 0 Å². The van der Waals surface area contributed by atoms with Crippen molar-refractivity contribution in [1.29, 1.82) is 0 Å². The fourth-order valence-electron chi connectivity index (χ4n) is 3.03. The Bertz CT molecular complexity index is 716. The van der Waals surface area contributed by atoms with Crippen LogP contribution in [0.15, 0.2) is 0 Å². The second-order valence-corrected chi connectivity index (χ2v) is 10.1. The Morgan fingerprint density at radius 3 is 2.06 bits per heavy atom. The fraction of sp³-hybridized carbons (Fsp3) is 0.833. The number of carboxylic acid groups (broad SMARTS) is 2. The molecule has 0 aromatic heterocycles. The summed E-state index contributed by atoms with van der Waals surface area (Å²) >= 11 is 0. The Morgan fingerprint density at radius 2 is 1.61 bits per heavy atom. The van der Waals surface area contributed by atoms with E-state index < -0.39 is 48.3 Å². The minimum absolute atomic E-state index is 0.